The highest BCUT2D eigenvalue weighted by atomic mass is 16.3. The second-order valence-corrected chi connectivity index (χ2v) is 4.19. The first-order valence-corrected chi connectivity index (χ1v) is 5.66. The Hall–Kier alpha value is -2.23. The number of rotatable bonds is 2. The summed E-state index contributed by atoms with van der Waals surface area (Å²) in [4.78, 5) is 12.1. The molecule has 1 heterocycles. The number of aryl methyl sites for hydroxylation is 2. The monoisotopic (exact) mass is 245 g/mol. The van der Waals surface area contributed by atoms with E-state index in [1.807, 2.05) is 13.8 Å². The summed E-state index contributed by atoms with van der Waals surface area (Å²) in [5, 5.41) is 12.3. The van der Waals surface area contributed by atoms with Crippen LogP contribution in [0.2, 0.25) is 0 Å². The fourth-order valence-corrected chi connectivity index (χ4v) is 1.89. The molecule has 4 nitrogen and oxygen atoms in total. The number of furan rings is 1. The average molecular weight is 245 g/mol. The number of phenolic OH excluding ortho intramolecular Hbond substituents is 1. The van der Waals surface area contributed by atoms with Gasteiger partial charge in [-0.3, -0.25) is 4.79 Å². The van der Waals surface area contributed by atoms with Crippen molar-refractivity contribution >= 4 is 11.6 Å². The lowest BCUT2D eigenvalue weighted by atomic mass is 10.1. The highest BCUT2D eigenvalue weighted by Gasteiger charge is 2.19. The van der Waals surface area contributed by atoms with Crippen LogP contribution in [0.4, 0.5) is 5.69 Å². The maximum atomic E-state index is 12.1. The van der Waals surface area contributed by atoms with E-state index in [1.165, 1.54) is 6.07 Å². The van der Waals surface area contributed by atoms with Gasteiger partial charge in [0, 0.05) is 5.56 Å². The summed E-state index contributed by atoms with van der Waals surface area (Å²) in [6.45, 7) is 5.41. The van der Waals surface area contributed by atoms with Gasteiger partial charge in [-0.15, -0.1) is 0 Å². The lowest BCUT2D eigenvalue weighted by Gasteiger charge is -2.06. The molecule has 0 atom stereocenters. The van der Waals surface area contributed by atoms with Gasteiger partial charge in [0.05, 0.1) is 11.3 Å². The van der Waals surface area contributed by atoms with E-state index in [0.29, 0.717) is 17.0 Å². The van der Waals surface area contributed by atoms with E-state index in [2.05, 4.69) is 5.32 Å². The number of amides is 1. The smallest absolute Gasteiger partial charge is 0.259 e. The van der Waals surface area contributed by atoms with Crippen LogP contribution >= 0.6 is 0 Å². The Labute approximate surface area is 105 Å². The molecule has 0 aliphatic heterocycles. The quantitative estimate of drug-likeness (QED) is 0.799. The maximum Gasteiger partial charge on any atom is 0.259 e. The van der Waals surface area contributed by atoms with Crippen LogP contribution < -0.4 is 5.32 Å². The predicted molar refractivity (Wildman–Crippen MR) is 69.0 cm³/mol. The molecule has 0 aliphatic carbocycles. The topological polar surface area (TPSA) is 62.5 Å². The number of phenols is 1. The van der Waals surface area contributed by atoms with Crippen molar-refractivity contribution in [2.24, 2.45) is 0 Å². The fraction of sp³-hybridized carbons (Fsp3) is 0.214. The average Bonchev–Trinajstić information content (AvgIpc) is 2.56. The van der Waals surface area contributed by atoms with E-state index in [9.17, 15) is 9.90 Å². The number of hydrogen-bond acceptors (Lipinski definition) is 3. The Morgan fingerprint density at radius 2 is 1.83 bits per heavy atom. The lowest BCUT2D eigenvalue weighted by molar-refractivity contribution is 0.102. The van der Waals surface area contributed by atoms with Gasteiger partial charge in [0.25, 0.3) is 5.91 Å². The van der Waals surface area contributed by atoms with Gasteiger partial charge in [-0.25, -0.2) is 0 Å². The summed E-state index contributed by atoms with van der Waals surface area (Å²) < 4.78 is 5.41. The molecule has 0 saturated carbocycles. The third-order valence-electron chi connectivity index (χ3n) is 2.94. The number of carbonyl (C=O) groups is 1. The van der Waals surface area contributed by atoms with E-state index in [0.717, 1.165) is 11.3 Å². The zero-order valence-corrected chi connectivity index (χ0v) is 10.6. The third-order valence-corrected chi connectivity index (χ3v) is 2.94. The molecular weight excluding hydrogens is 230 g/mol. The fourth-order valence-electron chi connectivity index (χ4n) is 1.89. The molecule has 0 spiro atoms. The molecule has 1 amide bonds. The van der Waals surface area contributed by atoms with Crippen LogP contribution in [0.1, 0.15) is 27.4 Å². The van der Waals surface area contributed by atoms with Gasteiger partial charge < -0.3 is 14.8 Å². The molecule has 2 rings (SSSR count). The zero-order chi connectivity index (χ0) is 13.3. The molecule has 0 aliphatic rings. The molecule has 0 bridgehead atoms. The first-order chi connectivity index (χ1) is 8.50. The molecule has 0 saturated heterocycles. The summed E-state index contributed by atoms with van der Waals surface area (Å²) in [6.07, 6.45) is 0. The first-order valence-electron chi connectivity index (χ1n) is 5.66. The van der Waals surface area contributed by atoms with E-state index >= 15 is 0 Å². The van der Waals surface area contributed by atoms with Gasteiger partial charge in [-0.05, 0) is 32.9 Å². The van der Waals surface area contributed by atoms with Gasteiger partial charge in [0.2, 0.25) is 0 Å². The van der Waals surface area contributed by atoms with Crippen LogP contribution in [-0.4, -0.2) is 11.0 Å². The normalized spacial score (nSPS) is 10.4. The number of hydrogen-bond donors (Lipinski definition) is 2. The summed E-state index contributed by atoms with van der Waals surface area (Å²) in [6, 6.07) is 6.61. The van der Waals surface area contributed by atoms with E-state index in [1.54, 1.807) is 25.1 Å². The van der Waals surface area contributed by atoms with Crippen molar-refractivity contribution in [2.75, 3.05) is 5.32 Å². The Bertz CT molecular complexity index is 599. The highest BCUT2D eigenvalue weighted by molar-refractivity contribution is 6.06. The SMILES string of the molecule is Cc1oc(C)c(C(=O)Nc2ccccc2O)c1C. The minimum absolute atomic E-state index is 0.0429. The molecular formula is C14H15NO3. The van der Waals surface area contributed by atoms with Crippen molar-refractivity contribution in [1.82, 2.24) is 0 Å². The van der Waals surface area contributed by atoms with Crippen LogP contribution in [-0.2, 0) is 0 Å². The summed E-state index contributed by atoms with van der Waals surface area (Å²) in [5.74, 6) is 1.08. The van der Waals surface area contributed by atoms with Crippen molar-refractivity contribution in [2.45, 2.75) is 20.8 Å². The molecule has 2 N–H and O–H groups in total. The van der Waals surface area contributed by atoms with Crippen molar-refractivity contribution in [3.63, 3.8) is 0 Å². The summed E-state index contributed by atoms with van der Waals surface area (Å²) in [7, 11) is 0. The van der Waals surface area contributed by atoms with Crippen LogP contribution in [0.25, 0.3) is 0 Å². The van der Waals surface area contributed by atoms with E-state index in [-0.39, 0.29) is 11.7 Å². The predicted octanol–water partition coefficient (Wildman–Crippen LogP) is 3.16. The van der Waals surface area contributed by atoms with Crippen LogP contribution in [0.15, 0.2) is 28.7 Å². The molecule has 1 aromatic carbocycles. The number of nitrogens with one attached hydrogen (secondary N) is 1. The minimum atomic E-state index is -0.275. The Kier molecular flexibility index (Phi) is 3.10. The van der Waals surface area contributed by atoms with Crippen molar-refractivity contribution in [3.05, 3.63) is 46.9 Å². The van der Waals surface area contributed by atoms with Crippen molar-refractivity contribution < 1.29 is 14.3 Å². The van der Waals surface area contributed by atoms with Crippen LogP contribution in [0.3, 0.4) is 0 Å². The van der Waals surface area contributed by atoms with Gasteiger partial charge in [-0.1, -0.05) is 12.1 Å². The first kappa shape index (κ1) is 12.2. The molecule has 1 aromatic heterocycles. The number of anilines is 1. The lowest BCUT2D eigenvalue weighted by Crippen LogP contribution is -2.13. The van der Waals surface area contributed by atoms with Gasteiger partial charge in [0.15, 0.2) is 0 Å². The second-order valence-electron chi connectivity index (χ2n) is 4.19. The maximum absolute atomic E-state index is 12.1. The molecule has 0 fully saturated rings. The number of carbonyl (C=O) groups excluding carboxylic acids is 1. The van der Waals surface area contributed by atoms with Crippen LogP contribution in [0.5, 0.6) is 5.75 Å². The van der Waals surface area contributed by atoms with Gasteiger partial charge in [-0.2, -0.15) is 0 Å². The number of para-hydroxylation sites is 2. The van der Waals surface area contributed by atoms with E-state index in [4.69, 9.17) is 4.42 Å². The summed E-state index contributed by atoms with van der Waals surface area (Å²) in [5.41, 5.74) is 1.73. The molecule has 18 heavy (non-hydrogen) atoms. The Morgan fingerprint density at radius 1 is 1.17 bits per heavy atom. The molecule has 94 valence electrons. The second kappa shape index (κ2) is 4.56. The highest BCUT2D eigenvalue weighted by Crippen LogP contribution is 2.25. The molecule has 2 aromatic rings. The number of benzene rings is 1. The standard InChI is InChI=1S/C14H15NO3/c1-8-9(2)18-10(3)13(8)14(17)15-11-6-4-5-7-12(11)16/h4-7,16H,1-3H3,(H,15,17). The van der Waals surface area contributed by atoms with E-state index < -0.39 is 0 Å². The molecule has 4 heteroatoms. The summed E-state index contributed by atoms with van der Waals surface area (Å²) >= 11 is 0. The Balaban J connectivity index is 2.31. The van der Waals surface area contributed by atoms with Crippen molar-refractivity contribution in [1.29, 1.82) is 0 Å². The van der Waals surface area contributed by atoms with Gasteiger partial charge >= 0.3 is 0 Å². The van der Waals surface area contributed by atoms with Crippen molar-refractivity contribution in [3.8, 4) is 5.75 Å². The minimum Gasteiger partial charge on any atom is -0.506 e. The Morgan fingerprint density at radius 3 is 2.39 bits per heavy atom. The number of aromatic hydroxyl groups is 1. The van der Waals surface area contributed by atoms with Gasteiger partial charge in [0.1, 0.15) is 17.3 Å². The third kappa shape index (κ3) is 2.09. The largest absolute Gasteiger partial charge is 0.506 e. The van der Waals surface area contributed by atoms with Crippen LogP contribution in [0, 0.1) is 20.8 Å². The molecule has 0 radical (unpaired) electrons. The molecule has 0 unspecified atom stereocenters. The zero-order valence-electron chi connectivity index (χ0n) is 10.6.